The smallest absolute Gasteiger partial charge is 0.408 e. The number of benzene rings is 2. The van der Waals surface area contributed by atoms with E-state index in [9.17, 15) is 18.0 Å². The van der Waals surface area contributed by atoms with Crippen LogP contribution in [0.3, 0.4) is 0 Å². The minimum absolute atomic E-state index is 0.115. The van der Waals surface area contributed by atoms with Crippen LogP contribution in [0.25, 0.3) is 0 Å². The Morgan fingerprint density at radius 2 is 1.66 bits per heavy atom. The maximum absolute atomic E-state index is 13.4. The second kappa shape index (κ2) is 7.30. The van der Waals surface area contributed by atoms with Crippen LogP contribution >= 0.6 is 0 Å². The van der Waals surface area contributed by atoms with E-state index in [1.54, 1.807) is 63.2 Å². The summed E-state index contributed by atoms with van der Waals surface area (Å²) in [5.41, 5.74) is -0.784. The van der Waals surface area contributed by atoms with E-state index in [1.165, 1.54) is 12.1 Å². The van der Waals surface area contributed by atoms with E-state index in [0.29, 0.717) is 11.8 Å². The summed E-state index contributed by atoms with van der Waals surface area (Å²) >= 11 is 0. The van der Waals surface area contributed by atoms with E-state index >= 15 is 0 Å². The van der Waals surface area contributed by atoms with Crippen LogP contribution in [-0.4, -0.2) is 37.2 Å². The third kappa shape index (κ3) is 4.05. The van der Waals surface area contributed by atoms with Crippen LogP contribution in [0.15, 0.2) is 59.5 Å². The minimum atomic E-state index is -3.89. The average Bonchev–Trinajstić information content (AvgIpc) is 3.30. The second-order valence-electron chi connectivity index (χ2n) is 8.34. The van der Waals surface area contributed by atoms with Crippen molar-refractivity contribution in [1.82, 2.24) is 5.32 Å². The van der Waals surface area contributed by atoms with Gasteiger partial charge in [0, 0.05) is 5.92 Å². The number of hydrogen-bond donors (Lipinski definition) is 1. The highest BCUT2D eigenvalue weighted by Crippen LogP contribution is 2.56. The number of amides is 1. The van der Waals surface area contributed by atoms with E-state index in [0.717, 1.165) is 5.56 Å². The van der Waals surface area contributed by atoms with Gasteiger partial charge < -0.3 is 14.8 Å². The lowest BCUT2D eigenvalue weighted by Crippen LogP contribution is -2.45. The first-order chi connectivity index (χ1) is 13.5. The molecule has 7 heteroatoms. The first kappa shape index (κ1) is 21.0. The number of aldehydes is 1. The van der Waals surface area contributed by atoms with Crippen LogP contribution in [0.2, 0.25) is 0 Å². The summed E-state index contributed by atoms with van der Waals surface area (Å²) in [6.07, 6.45) is -0.308. The van der Waals surface area contributed by atoms with Gasteiger partial charge in [0.2, 0.25) is 0 Å². The third-order valence-corrected chi connectivity index (χ3v) is 7.19. The summed E-state index contributed by atoms with van der Waals surface area (Å²) in [7, 11) is -3.89. The largest absolute Gasteiger partial charge is 0.444 e. The van der Waals surface area contributed by atoms with Gasteiger partial charge >= 0.3 is 6.09 Å². The molecule has 2 aromatic rings. The molecule has 1 aliphatic carbocycles. The number of aryl methyl sites for hydroxylation is 1. The number of hydrogen-bond acceptors (Lipinski definition) is 5. The number of rotatable bonds is 5. The first-order valence-corrected chi connectivity index (χ1v) is 10.9. The molecule has 3 atom stereocenters. The maximum atomic E-state index is 13.4. The van der Waals surface area contributed by atoms with Crippen molar-refractivity contribution >= 4 is 22.2 Å². The summed E-state index contributed by atoms with van der Waals surface area (Å²) < 4.78 is 32.0. The Hall–Kier alpha value is -2.67. The fourth-order valence-electron chi connectivity index (χ4n) is 3.59. The zero-order valence-corrected chi connectivity index (χ0v) is 17.7. The molecule has 154 valence electrons. The molecule has 0 aliphatic heterocycles. The fraction of sp³-hybridized carbons (Fsp3) is 0.364. The second-order valence-corrected chi connectivity index (χ2v) is 10.4. The topological polar surface area (TPSA) is 89.5 Å². The quantitative estimate of drug-likeness (QED) is 0.756. The van der Waals surface area contributed by atoms with Crippen LogP contribution in [0.1, 0.15) is 37.8 Å². The number of carbonyl (C=O) groups is 2. The van der Waals surface area contributed by atoms with Gasteiger partial charge in [0.25, 0.3) is 0 Å². The number of alkyl carbamates (subject to hydrolysis) is 1. The zero-order valence-electron chi connectivity index (χ0n) is 16.9. The molecule has 0 heterocycles. The van der Waals surface area contributed by atoms with Crippen LogP contribution < -0.4 is 5.32 Å². The van der Waals surface area contributed by atoms with Crippen LogP contribution in [0.5, 0.6) is 0 Å². The van der Waals surface area contributed by atoms with Crippen LogP contribution in [-0.2, 0) is 19.4 Å². The molecule has 0 radical (unpaired) electrons. The summed E-state index contributed by atoms with van der Waals surface area (Å²) in [4.78, 5) is 24.7. The molecule has 0 saturated heterocycles. The van der Waals surface area contributed by atoms with Crippen molar-refractivity contribution in [3.05, 3.63) is 65.7 Å². The minimum Gasteiger partial charge on any atom is -0.444 e. The van der Waals surface area contributed by atoms with E-state index in [1.807, 2.05) is 6.92 Å². The predicted molar refractivity (Wildman–Crippen MR) is 110 cm³/mol. The lowest BCUT2D eigenvalue weighted by atomic mass is 10.1. The molecule has 1 aliphatic rings. The summed E-state index contributed by atoms with van der Waals surface area (Å²) in [5.74, 6) is -0.708. The molecule has 3 rings (SSSR count). The molecule has 0 unspecified atom stereocenters. The molecule has 29 heavy (non-hydrogen) atoms. The van der Waals surface area contributed by atoms with Gasteiger partial charge in [0.05, 0.1) is 4.90 Å². The van der Waals surface area contributed by atoms with Gasteiger partial charge in [-0.25, -0.2) is 13.2 Å². The molecule has 6 nitrogen and oxygen atoms in total. The highest BCUT2D eigenvalue weighted by Gasteiger charge is 2.73. The van der Waals surface area contributed by atoms with Crippen molar-refractivity contribution in [2.75, 3.05) is 0 Å². The molecule has 0 bridgehead atoms. The summed E-state index contributed by atoms with van der Waals surface area (Å²) in [5, 5.41) is 1.43. The molecule has 2 aromatic carbocycles. The zero-order chi connectivity index (χ0) is 21.4. The molecule has 1 fully saturated rings. The Kier molecular flexibility index (Phi) is 5.30. The fourth-order valence-corrected chi connectivity index (χ4v) is 5.84. The molecule has 0 aromatic heterocycles. The van der Waals surface area contributed by atoms with Crippen molar-refractivity contribution in [3.63, 3.8) is 0 Å². The molecule has 1 saturated carbocycles. The molecular formula is C22H25NO5S. The Bertz CT molecular complexity index is 1010. The SMILES string of the molecule is Cc1ccc(S(=O)(=O)[C@@H]2[C@@H](c3ccccc3)[C@]2(C=O)NC(=O)OC(C)(C)C)cc1. The lowest BCUT2D eigenvalue weighted by Gasteiger charge is -2.22. The van der Waals surface area contributed by atoms with Gasteiger partial charge in [-0.1, -0.05) is 48.0 Å². The lowest BCUT2D eigenvalue weighted by molar-refractivity contribution is -0.110. The maximum Gasteiger partial charge on any atom is 0.408 e. The first-order valence-electron chi connectivity index (χ1n) is 9.34. The highest BCUT2D eigenvalue weighted by atomic mass is 32.2. The van der Waals surface area contributed by atoms with Crippen LogP contribution in [0, 0.1) is 6.92 Å². The highest BCUT2D eigenvalue weighted by molar-refractivity contribution is 7.92. The van der Waals surface area contributed by atoms with Gasteiger partial charge in [0.1, 0.15) is 22.7 Å². The van der Waals surface area contributed by atoms with Gasteiger partial charge in [-0.3, -0.25) is 0 Å². The molecule has 1 amide bonds. The van der Waals surface area contributed by atoms with Crippen molar-refractivity contribution in [1.29, 1.82) is 0 Å². The standard InChI is InChI=1S/C22H25NO5S/c1-15-10-12-17(13-11-15)29(26,27)19-18(16-8-6-5-7-9-16)22(19,14-24)23-20(25)28-21(2,3)4/h5-14,18-19H,1-4H3,(H,23,25)/t18-,19-,22+/m1/s1. The molecule has 1 N–H and O–H groups in total. The number of sulfone groups is 1. The summed E-state index contributed by atoms with van der Waals surface area (Å²) in [6.45, 7) is 6.95. The van der Waals surface area contributed by atoms with E-state index < -0.39 is 38.2 Å². The number of nitrogens with one attached hydrogen (secondary N) is 1. The van der Waals surface area contributed by atoms with E-state index in [2.05, 4.69) is 5.32 Å². The number of carbonyl (C=O) groups excluding carboxylic acids is 2. The third-order valence-electron chi connectivity index (χ3n) is 4.93. The predicted octanol–water partition coefficient (Wildman–Crippen LogP) is 3.40. The van der Waals surface area contributed by atoms with Crippen molar-refractivity contribution < 1.29 is 22.7 Å². The van der Waals surface area contributed by atoms with Gasteiger partial charge in [-0.2, -0.15) is 0 Å². The Morgan fingerprint density at radius 3 is 2.17 bits per heavy atom. The van der Waals surface area contributed by atoms with Gasteiger partial charge in [-0.05, 0) is 45.4 Å². The normalized spacial score (nSPS) is 23.9. The van der Waals surface area contributed by atoms with Gasteiger partial charge in [-0.15, -0.1) is 0 Å². The molecular weight excluding hydrogens is 390 g/mol. The Morgan fingerprint density at radius 1 is 1.07 bits per heavy atom. The van der Waals surface area contributed by atoms with Crippen molar-refractivity contribution in [3.8, 4) is 0 Å². The monoisotopic (exact) mass is 415 g/mol. The van der Waals surface area contributed by atoms with Gasteiger partial charge in [0.15, 0.2) is 9.84 Å². The molecule has 0 spiro atoms. The van der Waals surface area contributed by atoms with Crippen molar-refractivity contribution in [2.24, 2.45) is 0 Å². The van der Waals surface area contributed by atoms with E-state index in [-0.39, 0.29) is 4.90 Å². The van der Waals surface area contributed by atoms with Crippen molar-refractivity contribution in [2.45, 2.75) is 54.9 Å². The summed E-state index contributed by atoms with van der Waals surface area (Å²) in [6, 6.07) is 15.3. The van der Waals surface area contributed by atoms with E-state index in [4.69, 9.17) is 4.74 Å². The Labute approximate surface area is 171 Å². The Balaban J connectivity index is 2.03. The van der Waals surface area contributed by atoms with Crippen LogP contribution in [0.4, 0.5) is 4.79 Å². The number of ether oxygens (including phenoxy) is 1. The average molecular weight is 416 g/mol.